The Hall–Kier alpha value is -1.07. The van der Waals surface area contributed by atoms with Crippen molar-refractivity contribution in [2.45, 2.75) is 179 Å². The molecular formula is C33H63NO8. The lowest BCUT2D eigenvalue weighted by molar-refractivity contribution is -0.302. The first-order valence-corrected chi connectivity index (χ1v) is 16.9. The molecule has 1 aliphatic rings. The Morgan fingerprint density at radius 3 is 2.00 bits per heavy atom. The van der Waals surface area contributed by atoms with Crippen LogP contribution in [-0.2, 0) is 14.3 Å². The Morgan fingerprint density at radius 2 is 1.36 bits per heavy atom. The molecule has 0 aliphatic carbocycles. The van der Waals surface area contributed by atoms with Gasteiger partial charge in [0, 0.05) is 6.42 Å². The van der Waals surface area contributed by atoms with Gasteiger partial charge < -0.3 is 40.3 Å². The quantitative estimate of drug-likeness (QED) is 0.0620. The summed E-state index contributed by atoms with van der Waals surface area (Å²) in [5.74, 6) is -0.164. The van der Waals surface area contributed by atoms with E-state index in [0.717, 1.165) is 57.8 Å². The third-order valence-electron chi connectivity index (χ3n) is 8.12. The van der Waals surface area contributed by atoms with Crippen molar-refractivity contribution in [1.29, 1.82) is 0 Å². The number of allylic oxidation sites excluding steroid dienone is 2. The van der Waals surface area contributed by atoms with Crippen LogP contribution in [0.3, 0.4) is 0 Å². The summed E-state index contributed by atoms with van der Waals surface area (Å²) >= 11 is 0. The van der Waals surface area contributed by atoms with E-state index in [0.29, 0.717) is 12.8 Å². The molecule has 0 bridgehead atoms. The van der Waals surface area contributed by atoms with Crippen molar-refractivity contribution in [3.8, 4) is 0 Å². The summed E-state index contributed by atoms with van der Waals surface area (Å²) < 4.78 is 11.1. The van der Waals surface area contributed by atoms with Crippen LogP contribution in [0, 0.1) is 0 Å². The highest BCUT2D eigenvalue weighted by atomic mass is 16.7. The van der Waals surface area contributed by atoms with Crippen molar-refractivity contribution in [3.05, 3.63) is 12.2 Å². The molecule has 1 amide bonds. The average Bonchev–Trinajstić information content (AvgIpc) is 2.98. The topological polar surface area (TPSA) is 149 Å². The molecule has 1 rings (SSSR count). The second-order valence-corrected chi connectivity index (χ2v) is 12.0. The van der Waals surface area contributed by atoms with E-state index in [1.54, 1.807) is 0 Å². The molecular weight excluding hydrogens is 538 g/mol. The summed E-state index contributed by atoms with van der Waals surface area (Å²) in [5, 5.41) is 53.7. The molecule has 0 radical (unpaired) electrons. The molecule has 1 fully saturated rings. The molecule has 9 nitrogen and oxygen atoms in total. The third kappa shape index (κ3) is 17.3. The Labute approximate surface area is 255 Å². The van der Waals surface area contributed by atoms with E-state index in [2.05, 4.69) is 31.3 Å². The van der Waals surface area contributed by atoms with Crippen LogP contribution in [0.1, 0.15) is 136 Å². The molecule has 1 heterocycles. The van der Waals surface area contributed by atoms with Gasteiger partial charge in [0.05, 0.1) is 25.4 Å². The lowest BCUT2D eigenvalue weighted by atomic mass is 9.99. The van der Waals surface area contributed by atoms with E-state index in [9.17, 15) is 30.3 Å². The smallest absolute Gasteiger partial charge is 0.220 e. The molecule has 1 aliphatic heterocycles. The van der Waals surface area contributed by atoms with Crippen LogP contribution in [0.5, 0.6) is 0 Å². The number of ether oxygens (including phenoxy) is 2. The number of carbonyl (C=O) groups excluding carboxylic acids is 1. The SMILES string of the molecule is CCCC/C=C\CCCCCCC(=O)NC(COC1OC(CO)C(O)C(O)C1O)C(O)CCCCCCCCCCC. The van der Waals surface area contributed by atoms with Crippen molar-refractivity contribution in [1.82, 2.24) is 5.32 Å². The van der Waals surface area contributed by atoms with E-state index in [4.69, 9.17) is 9.47 Å². The summed E-state index contributed by atoms with van der Waals surface area (Å²) in [6.07, 6.45) is 16.6. The van der Waals surface area contributed by atoms with Gasteiger partial charge in [-0.15, -0.1) is 0 Å². The Morgan fingerprint density at radius 1 is 0.786 bits per heavy atom. The van der Waals surface area contributed by atoms with Crippen molar-refractivity contribution in [2.75, 3.05) is 13.2 Å². The fourth-order valence-corrected chi connectivity index (χ4v) is 5.26. The van der Waals surface area contributed by atoms with Crippen LogP contribution in [0.2, 0.25) is 0 Å². The number of aliphatic hydroxyl groups excluding tert-OH is 5. The molecule has 0 saturated carbocycles. The largest absolute Gasteiger partial charge is 0.394 e. The predicted molar refractivity (Wildman–Crippen MR) is 166 cm³/mol. The molecule has 6 N–H and O–H groups in total. The highest BCUT2D eigenvalue weighted by Crippen LogP contribution is 2.22. The Kier molecular flexibility index (Phi) is 23.4. The average molecular weight is 602 g/mol. The molecule has 7 atom stereocenters. The minimum Gasteiger partial charge on any atom is -0.394 e. The summed E-state index contributed by atoms with van der Waals surface area (Å²) in [4.78, 5) is 12.7. The van der Waals surface area contributed by atoms with Gasteiger partial charge in [-0.2, -0.15) is 0 Å². The third-order valence-corrected chi connectivity index (χ3v) is 8.12. The van der Waals surface area contributed by atoms with Crippen LogP contribution in [0.4, 0.5) is 0 Å². The molecule has 9 heteroatoms. The number of rotatable bonds is 26. The molecule has 42 heavy (non-hydrogen) atoms. The van der Waals surface area contributed by atoms with E-state index in [1.807, 2.05) is 0 Å². The summed E-state index contributed by atoms with van der Waals surface area (Å²) in [7, 11) is 0. The number of hydrogen-bond acceptors (Lipinski definition) is 8. The number of nitrogens with one attached hydrogen (secondary N) is 1. The summed E-state index contributed by atoms with van der Waals surface area (Å²) in [5.41, 5.74) is 0. The monoisotopic (exact) mass is 601 g/mol. The second kappa shape index (κ2) is 25.3. The zero-order valence-corrected chi connectivity index (χ0v) is 26.5. The zero-order valence-electron chi connectivity index (χ0n) is 26.5. The van der Waals surface area contributed by atoms with Gasteiger partial charge in [-0.3, -0.25) is 4.79 Å². The minimum atomic E-state index is -1.55. The molecule has 7 unspecified atom stereocenters. The van der Waals surface area contributed by atoms with Crippen molar-refractivity contribution < 1.29 is 39.8 Å². The van der Waals surface area contributed by atoms with E-state index in [-0.39, 0.29) is 12.5 Å². The van der Waals surface area contributed by atoms with E-state index < -0.39 is 49.5 Å². The number of aliphatic hydroxyl groups is 5. The van der Waals surface area contributed by atoms with Crippen molar-refractivity contribution in [2.24, 2.45) is 0 Å². The number of unbranched alkanes of at least 4 members (excludes halogenated alkanes) is 14. The van der Waals surface area contributed by atoms with Gasteiger partial charge in [-0.25, -0.2) is 0 Å². The second-order valence-electron chi connectivity index (χ2n) is 12.0. The minimum absolute atomic E-state index is 0.141. The molecule has 0 aromatic rings. The Bertz CT molecular complexity index is 676. The van der Waals surface area contributed by atoms with Crippen LogP contribution in [0.15, 0.2) is 12.2 Å². The van der Waals surface area contributed by atoms with Gasteiger partial charge in [-0.1, -0.05) is 109 Å². The molecule has 0 aromatic heterocycles. The number of amides is 1. The maximum absolute atomic E-state index is 12.7. The first kappa shape index (κ1) is 39.0. The fourth-order valence-electron chi connectivity index (χ4n) is 5.26. The van der Waals surface area contributed by atoms with Crippen LogP contribution in [0.25, 0.3) is 0 Å². The van der Waals surface area contributed by atoms with Crippen LogP contribution in [-0.4, -0.2) is 87.5 Å². The van der Waals surface area contributed by atoms with E-state index >= 15 is 0 Å². The van der Waals surface area contributed by atoms with Gasteiger partial charge >= 0.3 is 0 Å². The van der Waals surface area contributed by atoms with Crippen LogP contribution >= 0.6 is 0 Å². The highest BCUT2D eigenvalue weighted by Gasteiger charge is 2.44. The zero-order chi connectivity index (χ0) is 31.0. The fraction of sp³-hybridized carbons (Fsp3) is 0.909. The van der Waals surface area contributed by atoms with Gasteiger partial charge in [-0.05, 0) is 32.1 Å². The summed E-state index contributed by atoms with van der Waals surface area (Å²) in [6.45, 7) is 3.71. The maximum Gasteiger partial charge on any atom is 0.220 e. The number of hydrogen-bond donors (Lipinski definition) is 6. The standard InChI is InChI=1S/C33H63NO8/c1-3-5-7-9-11-13-15-17-19-21-23-29(37)34-26(27(36)22-20-18-16-14-12-10-8-6-4-2)25-41-33-32(40)31(39)30(38)28(24-35)42-33/h9,11,26-28,30-33,35-36,38-40H,3-8,10,12-25H2,1-2H3,(H,34,37)/b11-9-. The first-order valence-electron chi connectivity index (χ1n) is 16.9. The molecule has 0 spiro atoms. The normalized spacial score (nSPS) is 24.2. The van der Waals surface area contributed by atoms with Crippen LogP contribution < -0.4 is 5.32 Å². The number of carbonyl (C=O) groups is 1. The first-order chi connectivity index (χ1) is 20.3. The van der Waals surface area contributed by atoms with Gasteiger partial charge in [0.2, 0.25) is 5.91 Å². The van der Waals surface area contributed by atoms with Gasteiger partial charge in [0.1, 0.15) is 24.4 Å². The van der Waals surface area contributed by atoms with Crippen molar-refractivity contribution in [3.63, 3.8) is 0 Å². The lowest BCUT2D eigenvalue weighted by Crippen LogP contribution is -2.60. The maximum atomic E-state index is 12.7. The molecule has 0 aromatic carbocycles. The molecule has 1 saturated heterocycles. The van der Waals surface area contributed by atoms with E-state index in [1.165, 1.54) is 51.4 Å². The lowest BCUT2D eigenvalue weighted by Gasteiger charge is -2.40. The summed E-state index contributed by atoms with van der Waals surface area (Å²) in [6, 6.07) is -0.716. The van der Waals surface area contributed by atoms with Gasteiger partial charge in [0.25, 0.3) is 0 Å². The van der Waals surface area contributed by atoms with Gasteiger partial charge in [0.15, 0.2) is 6.29 Å². The van der Waals surface area contributed by atoms with Crippen molar-refractivity contribution >= 4 is 5.91 Å². The predicted octanol–water partition coefficient (Wildman–Crippen LogP) is 4.66. The Balaban J connectivity index is 2.51. The highest BCUT2D eigenvalue weighted by molar-refractivity contribution is 5.76. The molecule has 248 valence electrons.